The van der Waals surface area contributed by atoms with Crippen LogP contribution in [0.4, 0.5) is 13.2 Å². The smallest absolute Gasteiger partial charge is 0.416 e. The standard InChI is InChI=1S/C29H28F3N3O2/c1-20(23-11-5-3-6-12-23)33-28(36)26-19-37-27(34-26)18-35(21(2)24-13-7-4-8-14-24)17-22-10-9-15-25(16-22)29(30,31)32/h3-16,19-21H,17-18H2,1-2H3,(H,33,36). The first kappa shape index (κ1) is 26.2. The summed E-state index contributed by atoms with van der Waals surface area (Å²) < 4.78 is 45.4. The van der Waals surface area contributed by atoms with Crippen LogP contribution in [-0.2, 0) is 19.3 Å². The summed E-state index contributed by atoms with van der Waals surface area (Å²) in [6.45, 7) is 4.29. The molecule has 1 amide bonds. The molecule has 1 N–H and O–H groups in total. The van der Waals surface area contributed by atoms with Gasteiger partial charge in [0.2, 0.25) is 5.89 Å². The first-order valence-electron chi connectivity index (χ1n) is 12.0. The number of benzene rings is 3. The maximum absolute atomic E-state index is 13.3. The van der Waals surface area contributed by atoms with Crippen molar-refractivity contribution in [1.29, 1.82) is 0 Å². The minimum absolute atomic E-state index is 0.143. The molecule has 0 aliphatic heterocycles. The van der Waals surface area contributed by atoms with E-state index in [0.717, 1.165) is 23.3 Å². The molecule has 2 unspecified atom stereocenters. The summed E-state index contributed by atoms with van der Waals surface area (Å²) in [7, 11) is 0. The average molecular weight is 508 g/mol. The summed E-state index contributed by atoms with van der Waals surface area (Å²) in [6, 6.07) is 24.1. The van der Waals surface area contributed by atoms with Crippen molar-refractivity contribution in [2.24, 2.45) is 0 Å². The van der Waals surface area contributed by atoms with Gasteiger partial charge in [0.05, 0.1) is 18.2 Å². The number of aromatic nitrogens is 1. The quantitative estimate of drug-likeness (QED) is 0.266. The fraction of sp³-hybridized carbons (Fsp3) is 0.241. The van der Waals surface area contributed by atoms with Gasteiger partial charge in [-0.25, -0.2) is 4.98 Å². The Morgan fingerprint density at radius 1 is 0.919 bits per heavy atom. The van der Waals surface area contributed by atoms with Crippen LogP contribution in [0.5, 0.6) is 0 Å². The summed E-state index contributed by atoms with van der Waals surface area (Å²) in [5.74, 6) is -0.0702. The zero-order chi connectivity index (χ0) is 26.4. The molecule has 2 atom stereocenters. The molecule has 0 fully saturated rings. The number of hydrogen-bond acceptors (Lipinski definition) is 4. The van der Waals surface area contributed by atoms with Crippen LogP contribution in [-0.4, -0.2) is 15.8 Å². The molecule has 8 heteroatoms. The van der Waals surface area contributed by atoms with E-state index in [1.807, 2.05) is 79.4 Å². The minimum atomic E-state index is -4.42. The Labute approximate surface area is 214 Å². The van der Waals surface area contributed by atoms with Crippen molar-refractivity contribution in [1.82, 2.24) is 15.2 Å². The number of amides is 1. The zero-order valence-electron chi connectivity index (χ0n) is 20.6. The number of nitrogens with one attached hydrogen (secondary N) is 1. The lowest BCUT2D eigenvalue weighted by molar-refractivity contribution is -0.137. The van der Waals surface area contributed by atoms with Crippen LogP contribution in [0.2, 0.25) is 0 Å². The maximum atomic E-state index is 13.3. The van der Waals surface area contributed by atoms with Crippen LogP contribution >= 0.6 is 0 Å². The summed E-state index contributed by atoms with van der Waals surface area (Å²) in [6.07, 6.45) is -3.12. The normalized spacial score (nSPS) is 13.4. The van der Waals surface area contributed by atoms with Gasteiger partial charge in [0, 0.05) is 12.6 Å². The monoisotopic (exact) mass is 507 g/mol. The largest absolute Gasteiger partial charge is 0.447 e. The molecule has 0 radical (unpaired) electrons. The first-order chi connectivity index (χ1) is 17.7. The summed E-state index contributed by atoms with van der Waals surface area (Å²) in [5, 5.41) is 2.91. The number of carbonyl (C=O) groups is 1. The molecule has 5 nitrogen and oxygen atoms in total. The number of carbonyl (C=O) groups excluding carboxylic acids is 1. The summed E-state index contributed by atoms with van der Waals surface area (Å²) in [5.41, 5.74) is 1.92. The molecule has 4 rings (SSSR count). The summed E-state index contributed by atoms with van der Waals surface area (Å²) >= 11 is 0. The second kappa shape index (κ2) is 11.4. The molecule has 0 bridgehead atoms. The van der Waals surface area contributed by atoms with Crippen LogP contribution in [0.15, 0.2) is 95.6 Å². The average Bonchev–Trinajstić information content (AvgIpc) is 3.37. The van der Waals surface area contributed by atoms with Gasteiger partial charge in [0.25, 0.3) is 5.91 Å². The van der Waals surface area contributed by atoms with Gasteiger partial charge in [-0.15, -0.1) is 0 Å². The molecule has 0 spiro atoms. The lowest BCUT2D eigenvalue weighted by Crippen LogP contribution is -2.28. The molecule has 0 aliphatic rings. The molecule has 1 aromatic heterocycles. The third-order valence-electron chi connectivity index (χ3n) is 6.24. The highest BCUT2D eigenvalue weighted by Crippen LogP contribution is 2.31. The van der Waals surface area contributed by atoms with Crippen molar-refractivity contribution in [2.75, 3.05) is 0 Å². The molecule has 3 aromatic carbocycles. The Kier molecular flexibility index (Phi) is 8.08. The number of oxazole rings is 1. The van der Waals surface area contributed by atoms with Gasteiger partial charge in [-0.3, -0.25) is 9.69 Å². The Balaban J connectivity index is 1.52. The van der Waals surface area contributed by atoms with Gasteiger partial charge >= 0.3 is 6.18 Å². The Hall–Kier alpha value is -3.91. The van der Waals surface area contributed by atoms with Crippen molar-refractivity contribution in [3.05, 3.63) is 125 Å². The molecule has 4 aromatic rings. The molecule has 37 heavy (non-hydrogen) atoms. The topological polar surface area (TPSA) is 58.4 Å². The third-order valence-corrected chi connectivity index (χ3v) is 6.24. The third kappa shape index (κ3) is 6.86. The van der Waals surface area contributed by atoms with Gasteiger partial charge < -0.3 is 9.73 Å². The van der Waals surface area contributed by atoms with Crippen LogP contribution in [0.1, 0.15) is 64.6 Å². The van der Waals surface area contributed by atoms with Crippen LogP contribution in [0.3, 0.4) is 0 Å². The van der Waals surface area contributed by atoms with Crippen LogP contribution < -0.4 is 5.32 Å². The van der Waals surface area contributed by atoms with E-state index >= 15 is 0 Å². The lowest BCUT2D eigenvalue weighted by Gasteiger charge is -2.28. The van der Waals surface area contributed by atoms with Crippen LogP contribution in [0, 0.1) is 0 Å². The van der Waals surface area contributed by atoms with Crippen molar-refractivity contribution in [2.45, 2.75) is 45.2 Å². The fourth-order valence-electron chi connectivity index (χ4n) is 4.11. The molecule has 192 valence electrons. The number of halogens is 3. The lowest BCUT2D eigenvalue weighted by atomic mass is 10.0. The van der Waals surface area contributed by atoms with Crippen molar-refractivity contribution < 1.29 is 22.4 Å². The highest BCUT2D eigenvalue weighted by Gasteiger charge is 2.30. The first-order valence-corrected chi connectivity index (χ1v) is 12.0. The van der Waals surface area contributed by atoms with E-state index in [1.165, 1.54) is 12.3 Å². The van der Waals surface area contributed by atoms with E-state index in [4.69, 9.17) is 4.42 Å². The van der Waals surface area contributed by atoms with Gasteiger partial charge in [-0.2, -0.15) is 13.2 Å². The van der Waals surface area contributed by atoms with Gasteiger partial charge in [-0.05, 0) is 36.6 Å². The van der Waals surface area contributed by atoms with Crippen molar-refractivity contribution >= 4 is 5.91 Å². The van der Waals surface area contributed by atoms with E-state index in [1.54, 1.807) is 6.07 Å². The van der Waals surface area contributed by atoms with Gasteiger partial charge in [0.1, 0.15) is 6.26 Å². The minimum Gasteiger partial charge on any atom is -0.447 e. The van der Waals surface area contributed by atoms with E-state index in [2.05, 4.69) is 10.3 Å². The second-order valence-corrected chi connectivity index (χ2v) is 8.92. The predicted octanol–water partition coefficient (Wildman–Crippen LogP) is 6.95. The second-order valence-electron chi connectivity index (χ2n) is 8.92. The molecular formula is C29H28F3N3O2. The Morgan fingerprint density at radius 3 is 2.22 bits per heavy atom. The fourth-order valence-corrected chi connectivity index (χ4v) is 4.11. The van der Waals surface area contributed by atoms with Gasteiger partial charge in [-0.1, -0.05) is 78.9 Å². The Bertz CT molecular complexity index is 1310. The molecule has 0 saturated carbocycles. The van der Waals surface area contributed by atoms with Crippen molar-refractivity contribution in [3.8, 4) is 0 Å². The predicted molar refractivity (Wildman–Crippen MR) is 134 cm³/mol. The van der Waals surface area contributed by atoms with E-state index in [0.29, 0.717) is 11.5 Å². The van der Waals surface area contributed by atoms with Crippen LogP contribution in [0.25, 0.3) is 0 Å². The van der Waals surface area contributed by atoms with E-state index < -0.39 is 11.7 Å². The summed E-state index contributed by atoms with van der Waals surface area (Å²) in [4.78, 5) is 19.1. The number of nitrogens with zero attached hydrogens (tertiary/aromatic N) is 2. The maximum Gasteiger partial charge on any atom is 0.416 e. The molecule has 0 saturated heterocycles. The van der Waals surface area contributed by atoms with Crippen molar-refractivity contribution in [3.63, 3.8) is 0 Å². The zero-order valence-corrected chi connectivity index (χ0v) is 20.6. The number of alkyl halides is 3. The van der Waals surface area contributed by atoms with Gasteiger partial charge in [0.15, 0.2) is 5.69 Å². The number of rotatable bonds is 9. The van der Waals surface area contributed by atoms with E-state index in [-0.39, 0.29) is 36.8 Å². The highest BCUT2D eigenvalue weighted by molar-refractivity contribution is 5.92. The SMILES string of the molecule is CC(NC(=O)c1coc(CN(Cc2cccc(C(F)(F)F)c2)C(C)c2ccccc2)n1)c1ccccc1. The molecular weight excluding hydrogens is 479 g/mol. The van der Waals surface area contributed by atoms with E-state index in [9.17, 15) is 18.0 Å². The number of hydrogen-bond donors (Lipinski definition) is 1. The molecule has 1 heterocycles. The highest BCUT2D eigenvalue weighted by atomic mass is 19.4. The molecule has 0 aliphatic carbocycles. The Morgan fingerprint density at radius 2 is 1.57 bits per heavy atom.